The Kier molecular flexibility index (Phi) is 5.15. The Morgan fingerprint density at radius 3 is 2.27 bits per heavy atom. The molecule has 0 N–H and O–H groups in total. The maximum absolute atomic E-state index is 13.9. The molecule has 4 rings (SSSR count). The number of fused-ring (bicyclic) bond motifs is 1. The molecule has 0 aliphatic carbocycles. The first kappa shape index (κ1) is 20.5. The summed E-state index contributed by atoms with van der Waals surface area (Å²) < 4.78 is 79.0. The molecule has 30 heavy (non-hydrogen) atoms. The predicted molar refractivity (Wildman–Crippen MR) is 99.7 cm³/mol. The standard InChI is InChI=1S/C20H16F4N2O3S/c21-14-9-13(17(22)19(24)18(14)23)11-25-5-7-26(8-6-25)20(27)16-10-12-3-1-2-4-15(12)30(16,28)29/h1-4,9-10H,5-8,11H2. The van der Waals surface area contributed by atoms with Crippen LogP contribution in [-0.2, 0) is 21.2 Å². The topological polar surface area (TPSA) is 57.7 Å². The molecular weight excluding hydrogens is 424 g/mol. The lowest BCUT2D eigenvalue weighted by atomic mass is 10.1. The summed E-state index contributed by atoms with van der Waals surface area (Å²) in [6.07, 6.45) is 1.35. The summed E-state index contributed by atoms with van der Waals surface area (Å²) in [4.78, 5) is 15.6. The quantitative estimate of drug-likeness (QED) is 0.419. The highest BCUT2D eigenvalue weighted by atomic mass is 32.2. The van der Waals surface area contributed by atoms with Crippen molar-refractivity contribution >= 4 is 21.8 Å². The van der Waals surface area contributed by atoms with Crippen LogP contribution in [0, 0.1) is 23.3 Å². The lowest BCUT2D eigenvalue weighted by Gasteiger charge is -2.34. The minimum atomic E-state index is -3.89. The molecule has 10 heteroatoms. The van der Waals surface area contributed by atoms with E-state index in [0.29, 0.717) is 11.6 Å². The van der Waals surface area contributed by atoms with Crippen LogP contribution in [0.15, 0.2) is 40.1 Å². The van der Waals surface area contributed by atoms with Crippen molar-refractivity contribution in [2.24, 2.45) is 0 Å². The summed E-state index contributed by atoms with van der Waals surface area (Å²) in [5.74, 6) is -7.28. The summed E-state index contributed by atoms with van der Waals surface area (Å²) in [5.41, 5.74) is 0.123. The van der Waals surface area contributed by atoms with E-state index in [9.17, 15) is 30.8 Å². The lowest BCUT2D eigenvalue weighted by molar-refractivity contribution is -0.128. The van der Waals surface area contributed by atoms with Crippen molar-refractivity contribution in [1.29, 1.82) is 0 Å². The van der Waals surface area contributed by atoms with Crippen LogP contribution in [0.5, 0.6) is 0 Å². The molecule has 0 aromatic heterocycles. The molecule has 0 atom stereocenters. The van der Waals surface area contributed by atoms with Gasteiger partial charge in [-0.1, -0.05) is 18.2 Å². The minimum Gasteiger partial charge on any atom is -0.335 e. The highest BCUT2D eigenvalue weighted by Gasteiger charge is 2.37. The number of hydrogen-bond acceptors (Lipinski definition) is 4. The molecule has 0 bridgehead atoms. The third-order valence-electron chi connectivity index (χ3n) is 5.23. The van der Waals surface area contributed by atoms with Gasteiger partial charge < -0.3 is 4.90 Å². The fourth-order valence-electron chi connectivity index (χ4n) is 3.60. The van der Waals surface area contributed by atoms with Crippen LogP contribution in [0.2, 0.25) is 0 Å². The van der Waals surface area contributed by atoms with E-state index in [4.69, 9.17) is 0 Å². The number of rotatable bonds is 3. The molecule has 2 aliphatic rings. The molecule has 0 unspecified atom stereocenters. The number of benzene rings is 2. The van der Waals surface area contributed by atoms with Crippen molar-refractivity contribution < 1.29 is 30.8 Å². The molecule has 1 fully saturated rings. The van der Waals surface area contributed by atoms with Gasteiger partial charge in [0.15, 0.2) is 23.3 Å². The van der Waals surface area contributed by atoms with Gasteiger partial charge in [0, 0.05) is 38.3 Å². The first-order valence-electron chi connectivity index (χ1n) is 9.09. The van der Waals surface area contributed by atoms with Gasteiger partial charge in [0.05, 0.1) is 4.90 Å². The second kappa shape index (κ2) is 7.51. The van der Waals surface area contributed by atoms with Gasteiger partial charge in [-0.3, -0.25) is 9.69 Å². The molecule has 2 aromatic rings. The molecule has 2 aromatic carbocycles. The number of sulfone groups is 1. The number of amides is 1. The number of nitrogens with zero attached hydrogens (tertiary/aromatic N) is 2. The molecule has 0 saturated carbocycles. The maximum atomic E-state index is 13.9. The van der Waals surface area contributed by atoms with Gasteiger partial charge in [0.1, 0.15) is 4.91 Å². The number of carbonyl (C=O) groups is 1. The number of halogens is 4. The summed E-state index contributed by atoms with van der Waals surface area (Å²) in [6.45, 7) is 0.582. The summed E-state index contributed by atoms with van der Waals surface area (Å²) in [5, 5.41) is 0. The zero-order valence-corrected chi connectivity index (χ0v) is 16.4. The first-order valence-corrected chi connectivity index (χ1v) is 10.6. The normalized spacial score (nSPS) is 18.3. The minimum absolute atomic E-state index is 0.0859. The third kappa shape index (κ3) is 3.39. The molecular formula is C20H16F4N2O3S. The van der Waals surface area contributed by atoms with Crippen LogP contribution in [-0.4, -0.2) is 50.3 Å². The van der Waals surface area contributed by atoms with Crippen molar-refractivity contribution in [1.82, 2.24) is 9.80 Å². The molecule has 0 radical (unpaired) electrons. The second-order valence-electron chi connectivity index (χ2n) is 7.08. The fourth-order valence-corrected chi connectivity index (χ4v) is 5.17. The molecule has 5 nitrogen and oxygen atoms in total. The van der Waals surface area contributed by atoms with Gasteiger partial charge >= 0.3 is 0 Å². The Morgan fingerprint density at radius 1 is 0.933 bits per heavy atom. The van der Waals surface area contributed by atoms with Crippen molar-refractivity contribution in [3.8, 4) is 0 Å². The summed E-state index contributed by atoms with van der Waals surface area (Å²) >= 11 is 0. The smallest absolute Gasteiger partial charge is 0.265 e. The van der Waals surface area contributed by atoms with E-state index < -0.39 is 39.0 Å². The van der Waals surface area contributed by atoms with Crippen molar-refractivity contribution in [3.63, 3.8) is 0 Å². The van der Waals surface area contributed by atoms with Crippen LogP contribution in [0.1, 0.15) is 11.1 Å². The predicted octanol–water partition coefficient (Wildman–Crippen LogP) is 2.72. The van der Waals surface area contributed by atoms with Gasteiger partial charge in [-0.05, 0) is 23.8 Å². The van der Waals surface area contributed by atoms with Crippen molar-refractivity contribution in [2.75, 3.05) is 26.2 Å². The van der Waals surface area contributed by atoms with Crippen molar-refractivity contribution in [2.45, 2.75) is 11.4 Å². The molecule has 1 amide bonds. The Labute approximate surface area is 170 Å². The SMILES string of the molecule is O=C(C1=Cc2ccccc2S1(=O)=O)N1CCN(Cc2cc(F)c(F)c(F)c2F)CC1. The maximum Gasteiger partial charge on any atom is 0.265 e. The van der Waals surface area contributed by atoms with Gasteiger partial charge in [-0.2, -0.15) is 0 Å². The van der Waals surface area contributed by atoms with Crippen LogP contribution in [0.4, 0.5) is 17.6 Å². The molecule has 1 saturated heterocycles. The highest BCUT2D eigenvalue weighted by Crippen LogP contribution is 2.33. The van der Waals surface area contributed by atoms with Crippen LogP contribution in [0.25, 0.3) is 6.08 Å². The fraction of sp³-hybridized carbons (Fsp3) is 0.250. The second-order valence-corrected chi connectivity index (χ2v) is 8.96. The number of carbonyl (C=O) groups excluding carboxylic acids is 1. The van der Waals surface area contributed by atoms with Gasteiger partial charge in [-0.25, -0.2) is 26.0 Å². The van der Waals surface area contributed by atoms with E-state index in [0.717, 1.165) is 0 Å². The van der Waals surface area contributed by atoms with Gasteiger partial charge in [0.2, 0.25) is 9.84 Å². The largest absolute Gasteiger partial charge is 0.335 e. The van der Waals surface area contributed by atoms with E-state index >= 15 is 0 Å². The summed E-state index contributed by atoms with van der Waals surface area (Å²) in [6, 6.07) is 6.92. The summed E-state index contributed by atoms with van der Waals surface area (Å²) in [7, 11) is -3.89. The molecule has 158 valence electrons. The van der Waals surface area contributed by atoms with Crippen LogP contribution in [0.3, 0.4) is 0 Å². The average Bonchev–Trinajstić information content (AvgIpc) is 3.01. The average molecular weight is 440 g/mol. The Morgan fingerprint density at radius 2 is 1.60 bits per heavy atom. The Balaban J connectivity index is 1.44. The lowest BCUT2D eigenvalue weighted by Crippen LogP contribution is -2.49. The van der Waals surface area contributed by atoms with E-state index in [1.165, 1.54) is 17.0 Å². The highest BCUT2D eigenvalue weighted by molar-refractivity contribution is 7.96. The monoisotopic (exact) mass is 440 g/mol. The first-order chi connectivity index (χ1) is 14.2. The molecule has 2 heterocycles. The number of piperazine rings is 1. The van der Waals surface area contributed by atoms with Crippen molar-refractivity contribution in [3.05, 3.63) is 69.6 Å². The zero-order valence-electron chi connectivity index (χ0n) is 15.5. The van der Waals surface area contributed by atoms with Crippen LogP contribution < -0.4 is 0 Å². The van der Waals surface area contributed by atoms with E-state index in [-0.39, 0.29) is 48.1 Å². The van der Waals surface area contributed by atoms with E-state index in [1.54, 1.807) is 23.1 Å². The molecule has 0 spiro atoms. The van der Waals surface area contributed by atoms with Crippen LogP contribution >= 0.6 is 0 Å². The zero-order chi connectivity index (χ0) is 21.6. The Bertz CT molecular complexity index is 1170. The van der Waals surface area contributed by atoms with Gasteiger partial charge in [0.25, 0.3) is 5.91 Å². The van der Waals surface area contributed by atoms with E-state index in [1.807, 2.05) is 0 Å². The molecule has 2 aliphatic heterocycles. The van der Waals surface area contributed by atoms with Gasteiger partial charge in [-0.15, -0.1) is 0 Å². The third-order valence-corrected chi connectivity index (χ3v) is 7.05. The number of hydrogen-bond donors (Lipinski definition) is 0. The Hall–Kier alpha value is -2.72. The van der Waals surface area contributed by atoms with E-state index in [2.05, 4.69) is 0 Å².